The van der Waals surface area contributed by atoms with E-state index in [1.165, 1.54) is 22.2 Å². The van der Waals surface area contributed by atoms with Crippen molar-refractivity contribution in [3.05, 3.63) is 47.1 Å². The van der Waals surface area contributed by atoms with E-state index in [0.29, 0.717) is 6.04 Å². The Morgan fingerprint density at radius 1 is 1.26 bits per heavy atom. The van der Waals surface area contributed by atoms with E-state index in [4.69, 9.17) is 4.74 Å². The summed E-state index contributed by atoms with van der Waals surface area (Å²) in [5.41, 5.74) is 1.29. The zero-order valence-electron chi connectivity index (χ0n) is 13.3. The monoisotopic (exact) mass is 325 g/mol. The molecule has 0 amide bonds. The van der Waals surface area contributed by atoms with E-state index in [0.717, 1.165) is 29.4 Å². The van der Waals surface area contributed by atoms with Crippen molar-refractivity contribution in [2.45, 2.75) is 25.8 Å². The van der Waals surface area contributed by atoms with Gasteiger partial charge in [-0.2, -0.15) is 0 Å². The molecule has 1 unspecified atom stereocenters. The van der Waals surface area contributed by atoms with E-state index in [-0.39, 0.29) is 0 Å². The highest BCUT2D eigenvalue weighted by Gasteiger charge is 2.29. The molecule has 1 aromatic carbocycles. The van der Waals surface area contributed by atoms with Gasteiger partial charge in [-0.25, -0.2) is 9.97 Å². The summed E-state index contributed by atoms with van der Waals surface area (Å²) in [5, 5.41) is 1.17. The van der Waals surface area contributed by atoms with E-state index in [2.05, 4.69) is 46.1 Å². The summed E-state index contributed by atoms with van der Waals surface area (Å²) in [5.74, 6) is 1.97. The molecule has 5 heteroatoms. The van der Waals surface area contributed by atoms with Crippen LogP contribution in [0, 0.1) is 6.92 Å². The third-order valence-corrected chi connectivity index (χ3v) is 5.39. The Morgan fingerprint density at radius 3 is 3.04 bits per heavy atom. The Labute approximate surface area is 139 Å². The SMILES string of the molecule is COc1cccc(C2CCCN2c2ncnc3sc(C)cc23)c1. The van der Waals surface area contributed by atoms with Crippen molar-refractivity contribution in [2.75, 3.05) is 18.6 Å². The van der Waals surface area contributed by atoms with E-state index in [1.54, 1.807) is 24.8 Å². The zero-order chi connectivity index (χ0) is 15.8. The Bertz CT molecular complexity index is 845. The fraction of sp³-hybridized carbons (Fsp3) is 0.333. The van der Waals surface area contributed by atoms with Crippen molar-refractivity contribution < 1.29 is 4.74 Å². The molecule has 1 aliphatic rings. The average Bonchev–Trinajstić information content (AvgIpc) is 3.19. The van der Waals surface area contributed by atoms with Crippen LogP contribution in [-0.4, -0.2) is 23.6 Å². The molecule has 0 aliphatic carbocycles. The lowest BCUT2D eigenvalue weighted by Crippen LogP contribution is -2.23. The summed E-state index contributed by atoms with van der Waals surface area (Å²) >= 11 is 1.73. The minimum atomic E-state index is 0.350. The molecule has 0 bridgehead atoms. The number of anilines is 1. The molecule has 1 fully saturated rings. The van der Waals surface area contributed by atoms with E-state index >= 15 is 0 Å². The minimum absolute atomic E-state index is 0.350. The van der Waals surface area contributed by atoms with Crippen molar-refractivity contribution >= 4 is 27.4 Å². The molecular weight excluding hydrogens is 306 g/mol. The van der Waals surface area contributed by atoms with E-state index in [1.807, 2.05) is 6.07 Å². The van der Waals surface area contributed by atoms with Crippen LogP contribution in [-0.2, 0) is 0 Å². The molecule has 0 spiro atoms. The molecule has 3 heterocycles. The fourth-order valence-electron chi connectivity index (χ4n) is 3.41. The molecule has 1 atom stereocenters. The van der Waals surface area contributed by atoms with Gasteiger partial charge in [-0.3, -0.25) is 0 Å². The largest absolute Gasteiger partial charge is 0.497 e. The summed E-state index contributed by atoms with van der Waals surface area (Å²) in [6.45, 7) is 3.16. The highest BCUT2D eigenvalue weighted by molar-refractivity contribution is 7.18. The lowest BCUT2D eigenvalue weighted by atomic mass is 10.0. The molecule has 4 rings (SSSR count). The molecule has 118 valence electrons. The van der Waals surface area contributed by atoms with Gasteiger partial charge in [0, 0.05) is 11.4 Å². The van der Waals surface area contributed by atoms with Crippen LogP contribution in [0.3, 0.4) is 0 Å². The van der Waals surface area contributed by atoms with Gasteiger partial charge >= 0.3 is 0 Å². The average molecular weight is 325 g/mol. The lowest BCUT2D eigenvalue weighted by Gasteiger charge is -2.26. The summed E-state index contributed by atoms with van der Waals surface area (Å²) < 4.78 is 5.39. The predicted octanol–water partition coefficient (Wildman–Crippen LogP) is 4.35. The third kappa shape index (κ3) is 2.55. The van der Waals surface area contributed by atoms with Crippen LogP contribution in [0.25, 0.3) is 10.2 Å². The normalized spacial score (nSPS) is 17.8. The number of hydrogen-bond acceptors (Lipinski definition) is 5. The quantitative estimate of drug-likeness (QED) is 0.717. The van der Waals surface area contributed by atoms with Crippen molar-refractivity contribution in [3.63, 3.8) is 0 Å². The topological polar surface area (TPSA) is 38.2 Å². The number of aromatic nitrogens is 2. The first kappa shape index (κ1) is 14.5. The van der Waals surface area contributed by atoms with Crippen molar-refractivity contribution in [1.29, 1.82) is 0 Å². The predicted molar refractivity (Wildman–Crippen MR) is 94.5 cm³/mol. The van der Waals surface area contributed by atoms with Crippen molar-refractivity contribution in [2.24, 2.45) is 0 Å². The van der Waals surface area contributed by atoms with Gasteiger partial charge in [0.25, 0.3) is 0 Å². The number of thiophene rings is 1. The van der Waals surface area contributed by atoms with Gasteiger partial charge in [0.2, 0.25) is 0 Å². The molecule has 2 aromatic heterocycles. The molecule has 0 N–H and O–H groups in total. The van der Waals surface area contributed by atoms with Gasteiger partial charge in [0.15, 0.2) is 0 Å². The zero-order valence-corrected chi connectivity index (χ0v) is 14.1. The van der Waals surface area contributed by atoms with Gasteiger partial charge in [0.05, 0.1) is 18.5 Å². The fourth-order valence-corrected chi connectivity index (χ4v) is 4.25. The molecule has 1 saturated heterocycles. The van der Waals surface area contributed by atoms with Gasteiger partial charge < -0.3 is 9.64 Å². The first-order valence-electron chi connectivity index (χ1n) is 7.88. The van der Waals surface area contributed by atoms with Crippen LogP contribution in [0.5, 0.6) is 5.75 Å². The maximum absolute atomic E-state index is 5.39. The number of aryl methyl sites for hydroxylation is 1. The van der Waals surface area contributed by atoms with Gasteiger partial charge in [-0.15, -0.1) is 11.3 Å². The molecule has 1 aliphatic heterocycles. The standard InChI is InChI=1S/C18H19N3OS/c1-12-9-15-17(19-11-20-18(15)23-12)21-8-4-7-16(21)13-5-3-6-14(10-13)22-2/h3,5-6,9-11,16H,4,7-8H2,1-2H3. The smallest absolute Gasteiger partial charge is 0.141 e. The molecule has 4 nitrogen and oxygen atoms in total. The van der Waals surface area contributed by atoms with Crippen LogP contribution >= 0.6 is 11.3 Å². The van der Waals surface area contributed by atoms with Crippen molar-refractivity contribution in [1.82, 2.24) is 9.97 Å². The number of rotatable bonds is 3. The molecule has 3 aromatic rings. The molecular formula is C18H19N3OS. The molecule has 0 saturated carbocycles. The van der Waals surface area contributed by atoms with Crippen LogP contribution in [0.1, 0.15) is 29.3 Å². The number of methoxy groups -OCH3 is 1. The summed E-state index contributed by atoms with van der Waals surface area (Å²) in [6, 6.07) is 10.9. The van der Waals surface area contributed by atoms with Gasteiger partial charge in [0.1, 0.15) is 22.7 Å². The highest BCUT2D eigenvalue weighted by atomic mass is 32.1. The lowest BCUT2D eigenvalue weighted by molar-refractivity contribution is 0.414. The highest BCUT2D eigenvalue weighted by Crippen LogP contribution is 2.39. The second kappa shape index (κ2) is 5.81. The Balaban J connectivity index is 1.77. The first-order chi connectivity index (χ1) is 11.3. The van der Waals surface area contributed by atoms with Gasteiger partial charge in [-0.05, 0) is 43.5 Å². The minimum Gasteiger partial charge on any atom is -0.497 e. The third-order valence-electron chi connectivity index (χ3n) is 4.44. The summed E-state index contributed by atoms with van der Waals surface area (Å²) in [4.78, 5) is 13.8. The van der Waals surface area contributed by atoms with Crippen LogP contribution in [0.4, 0.5) is 5.82 Å². The van der Waals surface area contributed by atoms with Crippen molar-refractivity contribution in [3.8, 4) is 5.75 Å². The van der Waals surface area contributed by atoms with Crippen LogP contribution in [0.2, 0.25) is 0 Å². The Morgan fingerprint density at radius 2 is 2.17 bits per heavy atom. The number of ether oxygens (including phenoxy) is 1. The first-order valence-corrected chi connectivity index (χ1v) is 8.69. The van der Waals surface area contributed by atoms with E-state index < -0.39 is 0 Å². The molecule has 0 radical (unpaired) electrons. The second-order valence-electron chi connectivity index (χ2n) is 5.90. The maximum atomic E-state index is 5.39. The maximum Gasteiger partial charge on any atom is 0.141 e. The summed E-state index contributed by atoms with van der Waals surface area (Å²) in [6.07, 6.45) is 4.01. The number of nitrogens with zero attached hydrogens (tertiary/aromatic N) is 3. The summed E-state index contributed by atoms with van der Waals surface area (Å²) in [7, 11) is 1.72. The molecule has 23 heavy (non-hydrogen) atoms. The Kier molecular flexibility index (Phi) is 3.65. The van der Waals surface area contributed by atoms with E-state index in [9.17, 15) is 0 Å². The second-order valence-corrected chi connectivity index (χ2v) is 7.14. The number of benzene rings is 1. The van der Waals surface area contributed by atoms with Crippen LogP contribution < -0.4 is 9.64 Å². The van der Waals surface area contributed by atoms with Crippen LogP contribution in [0.15, 0.2) is 36.7 Å². The Hall–Kier alpha value is -2.14. The van der Waals surface area contributed by atoms with Gasteiger partial charge in [-0.1, -0.05) is 12.1 Å². The number of hydrogen-bond donors (Lipinski definition) is 0. The number of fused-ring (bicyclic) bond motifs is 1.